The van der Waals surface area contributed by atoms with Gasteiger partial charge in [0.15, 0.2) is 5.11 Å². The van der Waals surface area contributed by atoms with Crippen molar-refractivity contribution in [3.63, 3.8) is 0 Å². The van der Waals surface area contributed by atoms with Crippen LogP contribution in [0.2, 0.25) is 0 Å². The number of ether oxygens (including phenoxy) is 2. The SMILES string of the molecule is COc1ccc(OCC[NH+]2CCN(C(=S)Nc3ccccc3F)CC2)cc1. The number of halogens is 1. The number of anilines is 1. The maximum Gasteiger partial charge on any atom is 0.173 e. The smallest absolute Gasteiger partial charge is 0.173 e. The van der Waals surface area contributed by atoms with Crippen LogP contribution in [0.15, 0.2) is 48.5 Å². The van der Waals surface area contributed by atoms with Gasteiger partial charge in [-0.25, -0.2) is 4.39 Å². The molecule has 0 aliphatic carbocycles. The third-order valence-corrected chi connectivity index (χ3v) is 5.02. The lowest BCUT2D eigenvalue weighted by atomic mass is 10.3. The second-order valence-corrected chi connectivity index (χ2v) is 6.81. The fourth-order valence-corrected chi connectivity index (χ4v) is 3.31. The molecule has 0 spiro atoms. The third kappa shape index (κ3) is 5.55. The number of nitrogens with zero attached hydrogens (tertiary/aromatic N) is 1. The zero-order valence-electron chi connectivity index (χ0n) is 15.4. The summed E-state index contributed by atoms with van der Waals surface area (Å²) in [5.74, 6) is 1.38. The number of hydrogen-bond donors (Lipinski definition) is 2. The van der Waals surface area contributed by atoms with Crippen molar-refractivity contribution < 1.29 is 18.8 Å². The van der Waals surface area contributed by atoms with Crippen LogP contribution < -0.4 is 19.7 Å². The Hall–Kier alpha value is -2.38. The first-order valence-electron chi connectivity index (χ1n) is 9.06. The first kappa shape index (κ1) is 19.4. The highest BCUT2D eigenvalue weighted by atomic mass is 32.1. The maximum atomic E-state index is 13.7. The molecule has 0 unspecified atom stereocenters. The number of methoxy groups -OCH3 is 1. The quantitative estimate of drug-likeness (QED) is 0.736. The van der Waals surface area contributed by atoms with E-state index in [1.807, 2.05) is 24.3 Å². The number of hydrogen-bond acceptors (Lipinski definition) is 3. The Kier molecular flexibility index (Phi) is 6.84. The van der Waals surface area contributed by atoms with E-state index in [4.69, 9.17) is 21.7 Å². The number of rotatable bonds is 6. The molecule has 144 valence electrons. The molecule has 2 aromatic carbocycles. The van der Waals surface area contributed by atoms with Crippen LogP contribution in [-0.4, -0.2) is 56.5 Å². The van der Waals surface area contributed by atoms with Gasteiger partial charge in [0.2, 0.25) is 0 Å². The summed E-state index contributed by atoms with van der Waals surface area (Å²) in [7, 11) is 1.65. The van der Waals surface area contributed by atoms with Crippen molar-refractivity contribution in [1.82, 2.24) is 4.90 Å². The minimum Gasteiger partial charge on any atom is -0.497 e. The first-order chi connectivity index (χ1) is 13.2. The Balaban J connectivity index is 1.38. The van der Waals surface area contributed by atoms with Gasteiger partial charge in [0, 0.05) is 0 Å². The van der Waals surface area contributed by atoms with Crippen LogP contribution in [0, 0.1) is 5.82 Å². The minimum absolute atomic E-state index is 0.292. The van der Waals surface area contributed by atoms with Crippen LogP contribution in [0.3, 0.4) is 0 Å². The van der Waals surface area contributed by atoms with Crippen LogP contribution in [0.5, 0.6) is 11.5 Å². The van der Waals surface area contributed by atoms with Crippen LogP contribution in [0.4, 0.5) is 10.1 Å². The van der Waals surface area contributed by atoms with Crippen LogP contribution in [0.1, 0.15) is 0 Å². The van der Waals surface area contributed by atoms with Crippen molar-refractivity contribution >= 4 is 23.0 Å². The summed E-state index contributed by atoms with van der Waals surface area (Å²) in [6.45, 7) is 5.25. The molecule has 2 aromatic rings. The van der Waals surface area contributed by atoms with E-state index in [2.05, 4.69) is 10.2 Å². The molecule has 27 heavy (non-hydrogen) atoms. The molecule has 1 aliphatic rings. The van der Waals surface area contributed by atoms with Crippen LogP contribution in [0.25, 0.3) is 0 Å². The van der Waals surface area contributed by atoms with Gasteiger partial charge in [-0.05, 0) is 48.6 Å². The minimum atomic E-state index is -0.292. The topological polar surface area (TPSA) is 38.2 Å². The van der Waals surface area contributed by atoms with E-state index >= 15 is 0 Å². The van der Waals surface area contributed by atoms with Gasteiger partial charge in [-0.3, -0.25) is 0 Å². The molecular weight excluding hydrogens is 365 g/mol. The van der Waals surface area contributed by atoms with E-state index in [0.717, 1.165) is 44.2 Å². The monoisotopic (exact) mass is 390 g/mol. The number of piperazine rings is 1. The molecule has 0 amide bonds. The Morgan fingerprint density at radius 1 is 1.11 bits per heavy atom. The largest absolute Gasteiger partial charge is 0.497 e. The van der Waals surface area contributed by atoms with E-state index in [1.54, 1.807) is 25.3 Å². The predicted molar refractivity (Wildman–Crippen MR) is 108 cm³/mol. The lowest BCUT2D eigenvalue weighted by Gasteiger charge is -2.33. The average Bonchev–Trinajstić information content (AvgIpc) is 2.71. The van der Waals surface area contributed by atoms with Crippen molar-refractivity contribution in [2.45, 2.75) is 0 Å². The van der Waals surface area contributed by atoms with Gasteiger partial charge in [-0.2, -0.15) is 0 Å². The number of nitrogens with one attached hydrogen (secondary N) is 2. The number of benzene rings is 2. The summed E-state index contributed by atoms with van der Waals surface area (Å²) in [6.07, 6.45) is 0. The molecule has 3 rings (SSSR count). The summed E-state index contributed by atoms with van der Waals surface area (Å²) >= 11 is 5.43. The van der Waals surface area contributed by atoms with Crippen LogP contribution in [-0.2, 0) is 0 Å². The molecule has 0 radical (unpaired) electrons. The zero-order chi connectivity index (χ0) is 19.1. The molecule has 0 saturated carbocycles. The molecule has 0 aromatic heterocycles. The fourth-order valence-electron chi connectivity index (χ4n) is 3.02. The lowest BCUT2D eigenvalue weighted by Crippen LogP contribution is -3.15. The van der Waals surface area contributed by atoms with Gasteiger partial charge in [0.25, 0.3) is 0 Å². The molecule has 2 N–H and O–H groups in total. The highest BCUT2D eigenvalue weighted by Crippen LogP contribution is 2.16. The molecule has 1 heterocycles. The normalized spacial score (nSPS) is 14.7. The van der Waals surface area contributed by atoms with Gasteiger partial charge in [-0.1, -0.05) is 12.1 Å². The third-order valence-electron chi connectivity index (χ3n) is 4.66. The van der Waals surface area contributed by atoms with E-state index < -0.39 is 0 Å². The summed E-state index contributed by atoms with van der Waals surface area (Å²) < 4.78 is 24.7. The van der Waals surface area contributed by atoms with Crippen molar-refractivity contribution in [3.05, 3.63) is 54.3 Å². The molecule has 7 heteroatoms. The highest BCUT2D eigenvalue weighted by molar-refractivity contribution is 7.80. The predicted octanol–water partition coefficient (Wildman–Crippen LogP) is 1.81. The second-order valence-electron chi connectivity index (χ2n) is 6.42. The van der Waals surface area contributed by atoms with Gasteiger partial charge >= 0.3 is 0 Å². The molecule has 1 fully saturated rings. The molecule has 1 aliphatic heterocycles. The van der Waals surface area contributed by atoms with Gasteiger partial charge in [0.05, 0.1) is 39.0 Å². The van der Waals surface area contributed by atoms with Crippen LogP contribution >= 0.6 is 12.2 Å². The highest BCUT2D eigenvalue weighted by Gasteiger charge is 2.22. The van der Waals surface area contributed by atoms with E-state index in [9.17, 15) is 4.39 Å². The van der Waals surface area contributed by atoms with Crippen molar-refractivity contribution in [2.75, 3.05) is 51.8 Å². The Morgan fingerprint density at radius 2 is 1.78 bits per heavy atom. The average molecular weight is 391 g/mol. The Morgan fingerprint density at radius 3 is 2.44 bits per heavy atom. The van der Waals surface area contributed by atoms with Gasteiger partial charge in [-0.15, -0.1) is 0 Å². The maximum absolute atomic E-state index is 13.7. The fraction of sp³-hybridized carbons (Fsp3) is 0.350. The van der Waals surface area contributed by atoms with E-state index in [1.165, 1.54) is 11.0 Å². The summed E-state index contributed by atoms with van der Waals surface area (Å²) in [5.41, 5.74) is 0.421. The van der Waals surface area contributed by atoms with E-state index in [-0.39, 0.29) is 5.82 Å². The first-order valence-corrected chi connectivity index (χ1v) is 9.47. The molecule has 5 nitrogen and oxygen atoms in total. The van der Waals surface area contributed by atoms with Crippen molar-refractivity contribution in [1.29, 1.82) is 0 Å². The zero-order valence-corrected chi connectivity index (χ0v) is 16.2. The Labute approximate surface area is 164 Å². The van der Waals surface area contributed by atoms with Gasteiger partial charge in [0.1, 0.15) is 30.5 Å². The number of thiocarbonyl (C=S) groups is 1. The summed E-state index contributed by atoms with van der Waals surface area (Å²) in [6, 6.07) is 14.2. The summed E-state index contributed by atoms with van der Waals surface area (Å²) in [5, 5.41) is 3.58. The molecule has 1 saturated heterocycles. The standard InChI is InChI=1S/C20H24FN3O2S/c1-25-16-6-8-17(9-7-16)26-15-14-23-10-12-24(13-11-23)20(27)22-19-5-3-2-4-18(19)21/h2-9H,10-15H2,1H3,(H,22,27)/p+1. The van der Waals surface area contributed by atoms with Crippen molar-refractivity contribution in [2.24, 2.45) is 0 Å². The number of quaternary nitrogens is 1. The number of para-hydroxylation sites is 1. The van der Waals surface area contributed by atoms with E-state index in [0.29, 0.717) is 17.4 Å². The second kappa shape index (κ2) is 9.53. The molecular formula is C20H25FN3O2S+. The molecule has 0 bridgehead atoms. The lowest BCUT2D eigenvalue weighted by molar-refractivity contribution is -0.903. The van der Waals surface area contributed by atoms with Gasteiger partial charge < -0.3 is 24.6 Å². The molecule has 0 atom stereocenters. The Bertz CT molecular complexity index is 749. The summed E-state index contributed by atoms with van der Waals surface area (Å²) in [4.78, 5) is 3.57. The van der Waals surface area contributed by atoms with Crippen molar-refractivity contribution in [3.8, 4) is 11.5 Å².